The van der Waals surface area contributed by atoms with Gasteiger partial charge in [-0.1, -0.05) is 61.4 Å². The third kappa shape index (κ3) is 5.39. The summed E-state index contributed by atoms with van der Waals surface area (Å²) < 4.78 is 5.43. The molecule has 2 aliphatic rings. The average Bonchev–Trinajstić information content (AvgIpc) is 3.15. The number of carboxylic acid groups (broad SMARTS) is 1. The number of rotatable bonds is 8. The van der Waals surface area contributed by atoms with Crippen LogP contribution in [0.3, 0.4) is 0 Å². The number of ether oxygens (including phenoxy) is 1. The molecule has 8 nitrogen and oxygen atoms in total. The third-order valence-corrected chi connectivity index (χ3v) is 6.68. The number of hydrogen-bond donors (Lipinski definition) is 4. The van der Waals surface area contributed by atoms with Crippen LogP contribution in [-0.4, -0.2) is 53.5 Å². The van der Waals surface area contributed by atoms with Crippen LogP contribution in [0.4, 0.5) is 4.79 Å². The van der Waals surface area contributed by atoms with Crippen molar-refractivity contribution >= 4 is 18.0 Å². The predicted octanol–water partition coefficient (Wildman–Crippen LogP) is 3.04. The molecule has 2 aliphatic carbocycles. The van der Waals surface area contributed by atoms with E-state index in [0.29, 0.717) is 12.8 Å². The van der Waals surface area contributed by atoms with E-state index in [4.69, 9.17) is 4.74 Å². The van der Waals surface area contributed by atoms with Gasteiger partial charge in [0, 0.05) is 18.5 Å². The van der Waals surface area contributed by atoms with Gasteiger partial charge in [-0.05, 0) is 35.1 Å². The van der Waals surface area contributed by atoms with Crippen LogP contribution in [0.2, 0.25) is 0 Å². The predicted molar refractivity (Wildman–Crippen MR) is 125 cm³/mol. The lowest BCUT2D eigenvalue weighted by atomic mass is 9.84. The van der Waals surface area contributed by atoms with Gasteiger partial charge in [0.25, 0.3) is 0 Å². The minimum Gasteiger partial charge on any atom is -0.481 e. The lowest BCUT2D eigenvalue weighted by Gasteiger charge is -2.29. The van der Waals surface area contributed by atoms with E-state index < -0.39 is 36.0 Å². The van der Waals surface area contributed by atoms with E-state index in [1.807, 2.05) is 36.4 Å². The maximum absolute atomic E-state index is 12.3. The van der Waals surface area contributed by atoms with Crippen LogP contribution in [0.25, 0.3) is 11.1 Å². The van der Waals surface area contributed by atoms with Gasteiger partial charge >= 0.3 is 12.1 Å². The van der Waals surface area contributed by atoms with Crippen molar-refractivity contribution in [2.45, 2.75) is 50.2 Å². The van der Waals surface area contributed by atoms with E-state index in [-0.39, 0.29) is 25.5 Å². The Hall–Kier alpha value is -3.39. The molecule has 0 radical (unpaired) electrons. The van der Waals surface area contributed by atoms with Crippen LogP contribution < -0.4 is 10.6 Å². The largest absolute Gasteiger partial charge is 0.481 e. The van der Waals surface area contributed by atoms with Gasteiger partial charge in [-0.15, -0.1) is 0 Å². The Morgan fingerprint density at radius 3 is 2.24 bits per heavy atom. The Labute approximate surface area is 198 Å². The van der Waals surface area contributed by atoms with Crippen LogP contribution in [0, 0.1) is 5.92 Å². The molecule has 0 bridgehead atoms. The van der Waals surface area contributed by atoms with Gasteiger partial charge in [-0.2, -0.15) is 0 Å². The summed E-state index contributed by atoms with van der Waals surface area (Å²) >= 11 is 0. The summed E-state index contributed by atoms with van der Waals surface area (Å²) in [7, 11) is 0. The molecule has 2 aromatic rings. The Morgan fingerprint density at radius 1 is 0.971 bits per heavy atom. The first-order valence-electron chi connectivity index (χ1n) is 11.7. The standard InChI is InChI=1S/C26H30N2O6/c29-16(13-24(30)28-23-12-6-5-11-21(23)25(31)32)14-27-26(33)34-15-22-19-9-3-1-7-17(19)18-8-2-4-10-20(18)22/h1-4,7-10,16,21-23,29H,5-6,11-15H2,(H,27,33)(H,28,30)(H,31,32). The van der Waals surface area contributed by atoms with E-state index >= 15 is 0 Å². The lowest BCUT2D eigenvalue weighted by molar-refractivity contribution is -0.144. The third-order valence-electron chi connectivity index (χ3n) is 6.68. The van der Waals surface area contributed by atoms with Gasteiger partial charge in [-0.25, -0.2) is 4.79 Å². The van der Waals surface area contributed by atoms with Crippen LogP contribution in [-0.2, 0) is 14.3 Å². The van der Waals surface area contributed by atoms with Gasteiger partial charge in [0.05, 0.1) is 18.4 Å². The van der Waals surface area contributed by atoms with E-state index in [1.54, 1.807) is 0 Å². The van der Waals surface area contributed by atoms with Crippen LogP contribution >= 0.6 is 0 Å². The number of carbonyl (C=O) groups is 3. The topological polar surface area (TPSA) is 125 Å². The van der Waals surface area contributed by atoms with Gasteiger partial charge in [0.15, 0.2) is 0 Å². The van der Waals surface area contributed by atoms with Gasteiger partial charge in [0.2, 0.25) is 5.91 Å². The van der Waals surface area contributed by atoms with Gasteiger partial charge in [0.1, 0.15) is 6.61 Å². The molecule has 2 aromatic carbocycles. The second kappa shape index (κ2) is 10.7. The first-order chi connectivity index (χ1) is 16.4. The van der Waals surface area contributed by atoms with Crippen LogP contribution in [0.5, 0.6) is 0 Å². The summed E-state index contributed by atoms with van der Waals surface area (Å²) in [4.78, 5) is 35.9. The van der Waals surface area contributed by atoms with E-state index in [9.17, 15) is 24.6 Å². The van der Waals surface area contributed by atoms with Crippen molar-refractivity contribution < 1.29 is 29.3 Å². The molecule has 0 spiro atoms. The molecule has 4 N–H and O–H groups in total. The normalized spacial score (nSPS) is 20.0. The zero-order valence-electron chi connectivity index (χ0n) is 18.9. The maximum atomic E-state index is 12.3. The van der Waals surface area contributed by atoms with Crippen molar-refractivity contribution in [1.29, 1.82) is 0 Å². The molecule has 0 aromatic heterocycles. The summed E-state index contributed by atoms with van der Waals surface area (Å²) in [6.45, 7) is 0.0197. The maximum Gasteiger partial charge on any atom is 0.407 e. The minimum atomic E-state index is -1.10. The van der Waals surface area contributed by atoms with Crippen LogP contribution in [0.1, 0.15) is 49.1 Å². The molecular weight excluding hydrogens is 436 g/mol. The summed E-state index contributed by atoms with van der Waals surface area (Å²) in [6.07, 6.45) is 0.832. The Kier molecular flexibility index (Phi) is 7.47. The fourth-order valence-corrected chi connectivity index (χ4v) is 5.00. The minimum absolute atomic E-state index is 0.0634. The summed E-state index contributed by atoms with van der Waals surface area (Å²) in [5, 5.41) is 24.7. The molecule has 180 valence electrons. The highest BCUT2D eigenvalue weighted by Gasteiger charge is 2.32. The number of carboxylic acids is 1. The molecule has 1 saturated carbocycles. The van der Waals surface area contributed by atoms with Crippen molar-refractivity contribution in [3.63, 3.8) is 0 Å². The average molecular weight is 467 g/mol. The monoisotopic (exact) mass is 466 g/mol. The molecule has 3 unspecified atom stereocenters. The number of aliphatic hydroxyl groups excluding tert-OH is 1. The van der Waals surface area contributed by atoms with Crippen molar-refractivity contribution in [2.75, 3.05) is 13.2 Å². The van der Waals surface area contributed by atoms with Crippen LogP contribution in [0.15, 0.2) is 48.5 Å². The smallest absolute Gasteiger partial charge is 0.407 e. The zero-order chi connectivity index (χ0) is 24.1. The molecule has 34 heavy (non-hydrogen) atoms. The number of aliphatic hydroxyl groups is 1. The highest BCUT2D eigenvalue weighted by Crippen LogP contribution is 2.44. The highest BCUT2D eigenvalue weighted by atomic mass is 16.5. The van der Waals surface area contributed by atoms with E-state index in [1.165, 1.54) is 0 Å². The summed E-state index contributed by atoms with van der Waals surface area (Å²) in [6, 6.07) is 15.6. The Morgan fingerprint density at radius 2 is 1.59 bits per heavy atom. The molecule has 1 fully saturated rings. The molecule has 2 amide bonds. The number of aliphatic carboxylic acids is 1. The molecule has 0 heterocycles. The number of hydrogen-bond acceptors (Lipinski definition) is 5. The molecule has 3 atom stereocenters. The number of fused-ring (bicyclic) bond motifs is 3. The molecule has 8 heteroatoms. The summed E-state index contributed by atoms with van der Waals surface area (Å²) in [5.41, 5.74) is 4.49. The van der Waals surface area contributed by atoms with Crippen molar-refractivity contribution in [3.05, 3.63) is 59.7 Å². The van der Waals surface area contributed by atoms with Crippen molar-refractivity contribution in [3.8, 4) is 11.1 Å². The highest BCUT2D eigenvalue weighted by molar-refractivity contribution is 5.80. The molecule has 4 rings (SSSR count). The molecular formula is C26H30N2O6. The van der Waals surface area contributed by atoms with Crippen molar-refractivity contribution in [1.82, 2.24) is 10.6 Å². The second-order valence-corrected chi connectivity index (χ2v) is 8.97. The zero-order valence-corrected chi connectivity index (χ0v) is 18.9. The van der Waals surface area contributed by atoms with E-state index in [0.717, 1.165) is 35.1 Å². The number of alkyl carbamates (subject to hydrolysis) is 1. The number of nitrogens with one attached hydrogen (secondary N) is 2. The SMILES string of the molecule is O=C(CC(O)CNC(=O)OCC1c2ccccc2-c2ccccc21)NC1CCCCC1C(=O)O. The molecule has 0 saturated heterocycles. The Balaban J connectivity index is 1.23. The second-order valence-electron chi connectivity index (χ2n) is 8.97. The number of benzene rings is 2. The quantitative estimate of drug-likeness (QED) is 0.474. The molecule has 0 aliphatic heterocycles. The first-order valence-corrected chi connectivity index (χ1v) is 11.7. The van der Waals surface area contributed by atoms with Gasteiger partial charge < -0.3 is 25.6 Å². The number of carbonyl (C=O) groups excluding carboxylic acids is 2. The van der Waals surface area contributed by atoms with Crippen molar-refractivity contribution in [2.24, 2.45) is 5.92 Å². The first kappa shape index (κ1) is 23.8. The lowest BCUT2D eigenvalue weighted by Crippen LogP contribution is -2.46. The summed E-state index contributed by atoms with van der Waals surface area (Å²) in [5.74, 6) is -2.01. The Bertz CT molecular complexity index is 1010. The fourth-order valence-electron chi connectivity index (χ4n) is 5.00. The number of amides is 2. The fraction of sp³-hybridized carbons (Fsp3) is 0.423. The van der Waals surface area contributed by atoms with E-state index in [2.05, 4.69) is 22.8 Å². The van der Waals surface area contributed by atoms with Gasteiger partial charge in [-0.3, -0.25) is 9.59 Å².